The molecule has 8 nitrogen and oxygen atoms in total. The summed E-state index contributed by atoms with van der Waals surface area (Å²) >= 11 is 0. The highest BCUT2D eigenvalue weighted by molar-refractivity contribution is 5.78. The van der Waals surface area contributed by atoms with E-state index in [0.717, 1.165) is 55.0 Å². The maximum absolute atomic E-state index is 5.43. The number of hydrogen-bond acceptors (Lipinski definition) is 8. The molecule has 2 aliphatic rings. The quantitative estimate of drug-likeness (QED) is 0.301. The first kappa shape index (κ1) is 23.5. The van der Waals surface area contributed by atoms with E-state index < -0.39 is 0 Å². The maximum Gasteiger partial charge on any atom is 0.266 e. The summed E-state index contributed by atoms with van der Waals surface area (Å²) in [5.41, 5.74) is 7.20. The number of anilines is 2. The van der Waals surface area contributed by atoms with Gasteiger partial charge in [-0.2, -0.15) is 0 Å². The minimum Gasteiger partial charge on any atom is -0.442 e. The van der Waals surface area contributed by atoms with Gasteiger partial charge in [-0.1, -0.05) is 66.7 Å². The fraction of sp³-hybridized carbons (Fsp3) is 0.194. The Bertz CT molecular complexity index is 1550. The van der Waals surface area contributed by atoms with Crippen LogP contribution in [0, 0.1) is 6.67 Å². The SMILES string of the molecule is [CH]1Nc2ccccc2N1C1CCN(Cc2ccc(-c3nc(-c4ncco4)nnc3-c3ccccc3)cc2)CC1. The molecule has 39 heavy (non-hydrogen) atoms. The lowest BCUT2D eigenvalue weighted by molar-refractivity contribution is 0.204. The molecule has 0 unspecified atom stereocenters. The van der Waals surface area contributed by atoms with Crippen molar-refractivity contribution in [3.8, 4) is 34.2 Å². The van der Waals surface area contributed by atoms with Crippen molar-refractivity contribution < 1.29 is 4.42 Å². The van der Waals surface area contributed by atoms with Crippen LogP contribution in [0.3, 0.4) is 0 Å². The molecule has 1 saturated heterocycles. The molecule has 7 rings (SSSR count). The fourth-order valence-corrected chi connectivity index (χ4v) is 5.46. The summed E-state index contributed by atoms with van der Waals surface area (Å²) in [6.07, 6.45) is 5.38. The molecule has 1 radical (unpaired) electrons. The predicted octanol–water partition coefficient (Wildman–Crippen LogP) is 5.88. The van der Waals surface area contributed by atoms with Gasteiger partial charge in [-0.25, -0.2) is 9.97 Å². The van der Waals surface area contributed by atoms with Gasteiger partial charge in [0, 0.05) is 36.8 Å². The first-order valence-corrected chi connectivity index (χ1v) is 13.3. The normalized spacial score (nSPS) is 15.7. The van der Waals surface area contributed by atoms with E-state index in [0.29, 0.717) is 17.8 Å². The zero-order valence-electron chi connectivity index (χ0n) is 21.4. The summed E-state index contributed by atoms with van der Waals surface area (Å²) in [4.78, 5) is 14.0. The lowest BCUT2D eigenvalue weighted by Crippen LogP contribution is -2.43. The van der Waals surface area contributed by atoms with Crippen LogP contribution in [0.1, 0.15) is 18.4 Å². The molecular weight excluding hydrogens is 486 g/mol. The zero-order valence-corrected chi connectivity index (χ0v) is 21.4. The molecular formula is C31H28N7O. The Morgan fingerprint density at radius 1 is 0.821 bits per heavy atom. The monoisotopic (exact) mass is 514 g/mol. The predicted molar refractivity (Wildman–Crippen MR) is 151 cm³/mol. The molecule has 1 fully saturated rings. The fourth-order valence-electron chi connectivity index (χ4n) is 5.46. The Kier molecular flexibility index (Phi) is 6.22. The van der Waals surface area contributed by atoms with Crippen LogP contribution < -0.4 is 10.2 Å². The molecule has 1 N–H and O–H groups in total. The van der Waals surface area contributed by atoms with E-state index in [9.17, 15) is 0 Å². The van der Waals surface area contributed by atoms with Crippen LogP contribution in [0.25, 0.3) is 34.2 Å². The van der Waals surface area contributed by atoms with Gasteiger partial charge in [0.2, 0.25) is 5.82 Å². The number of rotatable bonds is 6. The number of nitrogens with one attached hydrogen (secondary N) is 1. The summed E-state index contributed by atoms with van der Waals surface area (Å²) in [5, 5.41) is 12.2. The molecule has 0 atom stereocenters. The van der Waals surface area contributed by atoms with Gasteiger partial charge < -0.3 is 14.6 Å². The van der Waals surface area contributed by atoms with Crippen molar-refractivity contribution in [1.82, 2.24) is 25.1 Å². The van der Waals surface area contributed by atoms with E-state index in [-0.39, 0.29) is 0 Å². The topological polar surface area (TPSA) is 83.2 Å². The number of oxazole rings is 1. The Hall–Kier alpha value is -4.56. The summed E-state index contributed by atoms with van der Waals surface area (Å²) in [5.74, 6) is 0.726. The highest BCUT2D eigenvalue weighted by atomic mass is 16.3. The molecule has 4 heterocycles. The molecule has 2 aliphatic heterocycles. The molecule has 0 aliphatic carbocycles. The van der Waals surface area contributed by atoms with Crippen molar-refractivity contribution in [3.63, 3.8) is 0 Å². The molecule has 0 spiro atoms. The summed E-state index contributed by atoms with van der Waals surface area (Å²) in [6.45, 7) is 5.21. The number of para-hydroxylation sites is 2. The number of aromatic nitrogens is 4. The van der Waals surface area contributed by atoms with Gasteiger partial charge in [0.25, 0.3) is 5.89 Å². The van der Waals surface area contributed by atoms with Crippen LogP contribution in [-0.4, -0.2) is 44.2 Å². The number of likely N-dealkylation sites (tertiary alicyclic amines) is 1. The molecule has 5 aromatic rings. The third kappa shape index (κ3) is 4.75. The Balaban J connectivity index is 1.07. The Labute approximate surface area is 227 Å². The largest absolute Gasteiger partial charge is 0.442 e. The smallest absolute Gasteiger partial charge is 0.266 e. The third-order valence-corrected chi connectivity index (χ3v) is 7.48. The van der Waals surface area contributed by atoms with Crippen LogP contribution in [0.2, 0.25) is 0 Å². The van der Waals surface area contributed by atoms with Gasteiger partial charge >= 0.3 is 0 Å². The van der Waals surface area contributed by atoms with Gasteiger partial charge in [-0.3, -0.25) is 4.90 Å². The number of hydrogen-bond donors (Lipinski definition) is 1. The highest BCUT2D eigenvalue weighted by Gasteiger charge is 2.29. The number of fused-ring (bicyclic) bond motifs is 1. The molecule has 2 aromatic heterocycles. The second-order valence-corrected chi connectivity index (χ2v) is 9.94. The van der Waals surface area contributed by atoms with E-state index in [1.807, 2.05) is 30.3 Å². The van der Waals surface area contributed by atoms with Crippen molar-refractivity contribution in [2.24, 2.45) is 0 Å². The molecule has 0 saturated carbocycles. The number of benzene rings is 3. The van der Waals surface area contributed by atoms with Gasteiger partial charge in [-0.05, 0) is 30.5 Å². The van der Waals surface area contributed by atoms with Crippen LogP contribution >= 0.6 is 0 Å². The first-order chi connectivity index (χ1) is 19.3. The minimum absolute atomic E-state index is 0.356. The lowest BCUT2D eigenvalue weighted by Gasteiger charge is -2.37. The standard InChI is InChI=1S/C31H28N7O/c1-2-6-23(7-3-1)29-28(34-30(36-35-29)31-32-16-19-39-31)24-12-10-22(11-13-24)20-37-17-14-25(15-18-37)38-21-33-26-8-4-5-9-27(26)38/h1-13,16,19,21,25,33H,14-15,17-18,20H2. The van der Waals surface area contributed by atoms with E-state index in [1.54, 1.807) is 6.20 Å². The Morgan fingerprint density at radius 2 is 1.59 bits per heavy atom. The van der Waals surface area contributed by atoms with E-state index in [4.69, 9.17) is 9.40 Å². The lowest BCUT2D eigenvalue weighted by atomic mass is 10.0. The molecule has 0 amide bonds. The second-order valence-electron chi connectivity index (χ2n) is 9.94. The van der Waals surface area contributed by atoms with Crippen LogP contribution in [-0.2, 0) is 6.54 Å². The molecule has 0 bridgehead atoms. The van der Waals surface area contributed by atoms with Crippen molar-refractivity contribution in [3.05, 3.63) is 104 Å². The average molecular weight is 515 g/mol. The van der Waals surface area contributed by atoms with Gasteiger partial charge in [0.1, 0.15) is 24.3 Å². The van der Waals surface area contributed by atoms with Crippen molar-refractivity contribution in [2.75, 3.05) is 23.3 Å². The van der Waals surface area contributed by atoms with Crippen molar-refractivity contribution in [1.29, 1.82) is 0 Å². The number of nitrogens with zero attached hydrogens (tertiary/aromatic N) is 6. The van der Waals surface area contributed by atoms with Crippen LogP contribution in [0.5, 0.6) is 0 Å². The van der Waals surface area contributed by atoms with Crippen molar-refractivity contribution in [2.45, 2.75) is 25.4 Å². The second kappa shape index (κ2) is 10.3. The van der Waals surface area contributed by atoms with E-state index in [2.05, 4.69) is 85.5 Å². The summed E-state index contributed by atoms with van der Waals surface area (Å²) in [7, 11) is 0. The summed E-state index contributed by atoms with van der Waals surface area (Å²) < 4.78 is 5.43. The zero-order chi connectivity index (χ0) is 26.0. The Morgan fingerprint density at radius 3 is 2.38 bits per heavy atom. The van der Waals surface area contributed by atoms with Crippen LogP contribution in [0.15, 0.2) is 95.7 Å². The van der Waals surface area contributed by atoms with Crippen LogP contribution in [0.4, 0.5) is 11.4 Å². The number of piperidine rings is 1. The summed E-state index contributed by atoms with van der Waals surface area (Å²) in [6, 6.07) is 27.7. The third-order valence-electron chi connectivity index (χ3n) is 7.48. The van der Waals surface area contributed by atoms with Gasteiger partial charge in [-0.15, -0.1) is 10.2 Å². The molecule has 193 valence electrons. The van der Waals surface area contributed by atoms with Gasteiger partial charge in [0.05, 0.1) is 17.6 Å². The van der Waals surface area contributed by atoms with E-state index in [1.165, 1.54) is 23.2 Å². The average Bonchev–Trinajstić information content (AvgIpc) is 3.69. The van der Waals surface area contributed by atoms with E-state index >= 15 is 0 Å². The minimum atomic E-state index is 0.356. The molecule has 3 aromatic carbocycles. The molecule has 8 heteroatoms. The first-order valence-electron chi connectivity index (χ1n) is 13.3. The van der Waals surface area contributed by atoms with Gasteiger partial charge in [0.15, 0.2) is 0 Å². The van der Waals surface area contributed by atoms with Crippen molar-refractivity contribution >= 4 is 11.4 Å². The highest BCUT2D eigenvalue weighted by Crippen LogP contribution is 2.36. The maximum atomic E-state index is 5.43.